The first-order valence-electron chi connectivity index (χ1n) is 9.74. The van der Waals surface area contributed by atoms with Gasteiger partial charge in [-0.1, -0.05) is 18.2 Å². The van der Waals surface area contributed by atoms with Crippen molar-refractivity contribution in [1.29, 1.82) is 0 Å². The number of hydrogen-bond acceptors (Lipinski definition) is 6. The number of benzene rings is 1. The van der Waals surface area contributed by atoms with Crippen molar-refractivity contribution < 1.29 is 28.7 Å². The average molecular weight is 413 g/mol. The fourth-order valence-corrected chi connectivity index (χ4v) is 3.54. The number of anilines is 1. The van der Waals surface area contributed by atoms with E-state index in [1.54, 1.807) is 25.1 Å². The van der Waals surface area contributed by atoms with E-state index in [0.29, 0.717) is 30.6 Å². The summed E-state index contributed by atoms with van der Waals surface area (Å²) in [6, 6.07) is 6.32. The summed E-state index contributed by atoms with van der Waals surface area (Å²) in [6.45, 7) is 1.19. The molecule has 0 saturated carbocycles. The van der Waals surface area contributed by atoms with Gasteiger partial charge in [-0.3, -0.25) is 28.9 Å². The molecule has 0 unspecified atom stereocenters. The fraction of sp³-hybridized carbons (Fsp3) is 0.381. The van der Waals surface area contributed by atoms with Gasteiger partial charge in [-0.2, -0.15) is 0 Å². The number of nitrogens with one attached hydrogen (secondary N) is 2. The number of rotatable bonds is 7. The summed E-state index contributed by atoms with van der Waals surface area (Å²) >= 11 is 0. The van der Waals surface area contributed by atoms with Gasteiger partial charge in [0.2, 0.25) is 11.8 Å². The zero-order chi connectivity index (χ0) is 21.7. The predicted octanol–water partition coefficient (Wildman–Crippen LogP) is 0.869. The fourth-order valence-electron chi connectivity index (χ4n) is 3.54. The number of fused-ring (bicyclic) bond motifs is 1. The van der Waals surface area contributed by atoms with E-state index in [2.05, 4.69) is 10.6 Å². The Bertz CT molecular complexity index is 884. The maximum Gasteiger partial charge on any atom is 0.326 e. The molecular formula is C21H23N3O6. The molecule has 2 atom stereocenters. The van der Waals surface area contributed by atoms with E-state index in [1.807, 2.05) is 12.2 Å². The van der Waals surface area contributed by atoms with E-state index in [0.717, 1.165) is 4.90 Å². The van der Waals surface area contributed by atoms with Crippen molar-refractivity contribution in [1.82, 2.24) is 10.2 Å². The van der Waals surface area contributed by atoms with Gasteiger partial charge in [0.1, 0.15) is 6.54 Å². The lowest BCUT2D eigenvalue weighted by atomic mass is 9.85. The molecule has 0 spiro atoms. The first kappa shape index (κ1) is 21.2. The number of nitrogens with zero attached hydrogens (tertiary/aromatic N) is 1. The highest BCUT2D eigenvalue weighted by Crippen LogP contribution is 2.34. The topological polar surface area (TPSA) is 122 Å². The molecular weight excluding hydrogens is 390 g/mol. The average Bonchev–Trinajstić information content (AvgIpc) is 2.98. The minimum atomic E-state index is -0.838. The van der Waals surface area contributed by atoms with Gasteiger partial charge in [-0.15, -0.1) is 0 Å². The van der Waals surface area contributed by atoms with Crippen molar-refractivity contribution in [3.8, 4) is 0 Å². The molecule has 1 aromatic rings. The second-order valence-corrected chi connectivity index (χ2v) is 7.07. The smallest absolute Gasteiger partial charge is 0.326 e. The molecule has 1 saturated heterocycles. The van der Waals surface area contributed by atoms with Crippen LogP contribution >= 0.6 is 0 Å². The molecule has 0 bridgehead atoms. The molecule has 1 fully saturated rings. The Hall–Kier alpha value is -3.49. The number of hydrogen-bond donors (Lipinski definition) is 2. The van der Waals surface area contributed by atoms with Crippen LogP contribution in [-0.4, -0.2) is 54.2 Å². The van der Waals surface area contributed by atoms with Crippen LogP contribution in [-0.2, 0) is 23.9 Å². The van der Waals surface area contributed by atoms with E-state index in [1.165, 1.54) is 6.07 Å². The van der Waals surface area contributed by atoms with E-state index in [4.69, 9.17) is 4.74 Å². The first-order chi connectivity index (χ1) is 14.4. The molecule has 9 nitrogen and oxygen atoms in total. The van der Waals surface area contributed by atoms with Gasteiger partial charge in [0.25, 0.3) is 11.8 Å². The second kappa shape index (κ2) is 9.34. The number of imide groups is 1. The van der Waals surface area contributed by atoms with E-state index >= 15 is 0 Å². The van der Waals surface area contributed by atoms with Crippen LogP contribution in [0.25, 0.3) is 0 Å². The Labute approximate surface area is 173 Å². The Morgan fingerprint density at radius 2 is 1.77 bits per heavy atom. The molecule has 0 aromatic heterocycles. The molecule has 2 N–H and O–H groups in total. The first-order valence-corrected chi connectivity index (χ1v) is 9.74. The Kier molecular flexibility index (Phi) is 6.61. The largest absolute Gasteiger partial charge is 0.454 e. The van der Waals surface area contributed by atoms with Crippen LogP contribution < -0.4 is 10.6 Å². The lowest BCUT2D eigenvalue weighted by Gasteiger charge is -2.14. The van der Waals surface area contributed by atoms with Crippen LogP contribution in [0.15, 0.2) is 36.4 Å². The van der Waals surface area contributed by atoms with Gasteiger partial charge < -0.3 is 15.4 Å². The Morgan fingerprint density at radius 1 is 1.10 bits per heavy atom. The third kappa shape index (κ3) is 4.73. The number of amides is 4. The van der Waals surface area contributed by atoms with Crippen molar-refractivity contribution in [3.05, 3.63) is 42.0 Å². The molecule has 30 heavy (non-hydrogen) atoms. The number of likely N-dealkylation sites (tertiary alicyclic amines) is 1. The highest BCUT2D eigenvalue weighted by Gasteiger charge is 2.47. The molecule has 1 aliphatic carbocycles. The van der Waals surface area contributed by atoms with Crippen molar-refractivity contribution in [2.24, 2.45) is 11.8 Å². The molecule has 4 amide bonds. The van der Waals surface area contributed by atoms with E-state index < -0.39 is 36.9 Å². The van der Waals surface area contributed by atoms with Crippen molar-refractivity contribution in [2.45, 2.75) is 19.8 Å². The third-order valence-electron chi connectivity index (χ3n) is 5.00. The van der Waals surface area contributed by atoms with Gasteiger partial charge in [0, 0.05) is 17.8 Å². The molecule has 0 radical (unpaired) electrons. The van der Waals surface area contributed by atoms with Crippen LogP contribution in [0, 0.1) is 11.8 Å². The number of esters is 1. The van der Waals surface area contributed by atoms with Crippen LogP contribution in [0.2, 0.25) is 0 Å². The summed E-state index contributed by atoms with van der Waals surface area (Å²) in [4.78, 5) is 61.6. The third-order valence-corrected chi connectivity index (χ3v) is 5.00. The molecule has 158 valence electrons. The summed E-state index contributed by atoms with van der Waals surface area (Å²) < 4.78 is 4.91. The van der Waals surface area contributed by atoms with Gasteiger partial charge in [-0.25, -0.2) is 0 Å². The SMILES string of the molecule is CCNC(=O)c1cccc(NC(=O)COC(=O)CN2C(=O)[C@@H]3CC=CC[C@H]3C2=O)c1. The van der Waals surface area contributed by atoms with E-state index in [-0.39, 0.29) is 17.7 Å². The maximum absolute atomic E-state index is 12.3. The normalized spacial score (nSPS) is 20.0. The van der Waals surface area contributed by atoms with Crippen LogP contribution in [0.4, 0.5) is 5.69 Å². The van der Waals surface area contributed by atoms with Crippen molar-refractivity contribution in [3.63, 3.8) is 0 Å². The standard InChI is InChI=1S/C21H23N3O6/c1-2-22-19(27)13-6-5-7-14(10-13)23-17(25)12-30-18(26)11-24-20(28)15-8-3-4-9-16(15)21(24)29/h3-7,10,15-16H,2,8-9,11-12H2,1H3,(H,22,27)(H,23,25)/t15-,16-/m1/s1. The minimum absolute atomic E-state index is 0.268. The molecule has 9 heteroatoms. The summed E-state index contributed by atoms with van der Waals surface area (Å²) in [5.74, 6) is -3.30. The van der Waals surface area contributed by atoms with E-state index in [9.17, 15) is 24.0 Å². The molecule has 2 aliphatic rings. The zero-order valence-electron chi connectivity index (χ0n) is 16.6. The van der Waals surface area contributed by atoms with Crippen LogP contribution in [0.3, 0.4) is 0 Å². The quantitative estimate of drug-likeness (QED) is 0.389. The van der Waals surface area contributed by atoms with Crippen LogP contribution in [0.5, 0.6) is 0 Å². The molecule has 1 heterocycles. The van der Waals surface area contributed by atoms with Crippen molar-refractivity contribution in [2.75, 3.05) is 25.0 Å². The maximum atomic E-state index is 12.3. The number of carbonyl (C=O) groups is 5. The summed E-state index contributed by atoms with van der Waals surface area (Å²) in [5, 5.41) is 5.19. The summed E-state index contributed by atoms with van der Waals surface area (Å²) in [6.07, 6.45) is 4.69. The lowest BCUT2D eigenvalue weighted by molar-refractivity contribution is -0.154. The zero-order valence-corrected chi connectivity index (χ0v) is 16.6. The molecule has 3 rings (SSSR count). The van der Waals surface area contributed by atoms with Gasteiger partial charge in [0.05, 0.1) is 11.8 Å². The monoisotopic (exact) mass is 413 g/mol. The van der Waals surface area contributed by atoms with Crippen molar-refractivity contribution >= 4 is 35.3 Å². The van der Waals surface area contributed by atoms with Gasteiger partial charge >= 0.3 is 5.97 Å². The number of allylic oxidation sites excluding steroid dienone is 2. The lowest BCUT2D eigenvalue weighted by Crippen LogP contribution is -2.37. The highest BCUT2D eigenvalue weighted by molar-refractivity contribution is 6.07. The number of ether oxygens (including phenoxy) is 1. The molecule has 1 aromatic carbocycles. The molecule has 1 aliphatic heterocycles. The Morgan fingerprint density at radius 3 is 2.40 bits per heavy atom. The highest BCUT2D eigenvalue weighted by atomic mass is 16.5. The summed E-state index contributed by atoms with van der Waals surface area (Å²) in [5.41, 5.74) is 0.759. The second-order valence-electron chi connectivity index (χ2n) is 7.07. The summed E-state index contributed by atoms with van der Waals surface area (Å²) in [7, 11) is 0. The minimum Gasteiger partial charge on any atom is -0.454 e. The van der Waals surface area contributed by atoms with Crippen LogP contribution in [0.1, 0.15) is 30.1 Å². The predicted molar refractivity (Wildman–Crippen MR) is 106 cm³/mol. The Balaban J connectivity index is 1.49. The number of carbonyl (C=O) groups excluding carboxylic acids is 5. The van der Waals surface area contributed by atoms with Gasteiger partial charge in [-0.05, 0) is 38.0 Å². The van der Waals surface area contributed by atoms with Gasteiger partial charge in [0.15, 0.2) is 6.61 Å².